The third-order valence-corrected chi connectivity index (χ3v) is 10.4. The molecule has 2 saturated carbocycles. The van der Waals surface area contributed by atoms with Crippen molar-refractivity contribution >= 4 is 0 Å². The smallest absolute Gasteiger partial charge is 0.0240 e. The molecule has 2 aliphatic carbocycles. The zero-order chi connectivity index (χ0) is 32.1. The normalized spacial score (nSPS) is 24.7. The third-order valence-electron chi connectivity index (χ3n) is 10.4. The minimum atomic E-state index is 0.376. The van der Waals surface area contributed by atoms with Crippen LogP contribution in [0, 0.1) is 11.8 Å². The van der Waals surface area contributed by atoms with Crippen LogP contribution < -0.4 is 11.5 Å². The first-order valence-electron chi connectivity index (χ1n) is 17.6. The van der Waals surface area contributed by atoms with Gasteiger partial charge in [-0.2, -0.15) is 0 Å². The van der Waals surface area contributed by atoms with Gasteiger partial charge in [-0.15, -0.1) is 0 Å². The van der Waals surface area contributed by atoms with E-state index in [0.29, 0.717) is 36.0 Å². The molecule has 2 fully saturated rings. The molecule has 0 heterocycles. The molecule has 0 spiro atoms. The van der Waals surface area contributed by atoms with Gasteiger partial charge >= 0.3 is 0 Å². The zero-order valence-electron chi connectivity index (χ0n) is 28.1. The fourth-order valence-corrected chi connectivity index (χ4v) is 7.35. The van der Waals surface area contributed by atoms with Gasteiger partial charge < -0.3 is 11.5 Å². The average Bonchev–Trinajstić information content (AvgIpc) is 3.09. The van der Waals surface area contributed by atoms with Gasteiger partial charge in [-0.05, 0) is 72.6 Å². The topological polar surface area (TPSA) is 58.5 Å². The standard InChI is InChI=1S/2C21H28N2/c2*1-17-14-20(12-13-21(17)22)23(15-18-8-4-2-5-9-18)16-19-10-6-3-7-11-19/h2*2-11,17,20-21H,12-16,22H2,1H3/t2*17-,20-,21-/m10/s1. The Morgan fingerprint density at radius 1 is 0.435 bits per heavy atom. The van der Waals surface area contributed by atoms with Crippen molar-refractivity contribution in [2.75, 3.05) is 0 Å². The van der Waals surface area contributed by atoms with E-state index >= 15 is 0 Å². The van der Waals surface area contributed by atoms with Gasteiger partial charge in [-0.3, -0.25) is 9.80 Å². The van der Waals surface area contributed by atoms with Crippen LogP contribution in [-0.4, -0.2) is 34.0 Å². The van der Waals surface area contributed by atoms with Crippen molar-refractivity contribution in [2.24, 2.45) is 23.3 Å². The molecule has 4 heteroatoms. The SMILES string of the molecule is C[C@@H]1C[C@H](N(Cc2ccccc2)Cc2ccccc2)CC[C@H]1N.C[C@H]1C[C@@H](N(Cc2ccccc2)Cc2ccccc2)CC[C@@H]1N. The highest BCUT2D eigenvalue weighted by atomic mass is 15.2. The molecule has 4 N–H and O–H groups in total. The average molecular weight is 617 g/mol. The molecule has 4 aromatic rings. The van der Waals surface area contributed by atoms with Crippen molar-refractivity contribution in [2.45, 2.75) is 103 Å². The molecule has 0 radical (unpaired) electrons. The fourth-order valence-electron chi connectivity index (χ4n) is 7.35. The Hall–Kier alpha value is -3.28. The maximum Gasteiger partial charge on any atom is 0.0240 e. The summed E-state index contributed by atoms with van der Waals surface area (Å²) in [7, 11) is 0. The molecular weight excluding hydrogens is 560 g/mol. The van der Waals surface area contributed by atoms with Crippen molar-refractivity contribution in [1.82, 2.24) is 9.80 Å². The highest BCUT2D eigenvalue weighted by Gasteiger charge is 2.30. The molecule has 0 bridgehead atoms. The summed E-state index contributed by atoms with van der Waals surface area (Å²) in [6, 6.07) is 45.3. The van der Waals surface area contributed by atoms with E-state index in [2.05, 4.69) is 145 Å². The van der Waals surface area contributed by atoms with E-state index in [0.717, 1.165) is 39.0 Å². The highest BCUT2D eigenvalue weighted by Crippen LogP contribution is 2.30. The summed E-state index contributed by atoms with van der Waals surface area (Å²) in [4.78, 5) is 5.29. The van der Waals surface area contributed by atoms with E-state index in [1.807, 2.05) is 0 Å². The van der Waals surface area contributed by atoms with Gasteiger partial charge in [0.25, 0.3) is 0 Å². The van der Waals surface area contributed by atoms with Gasteiger partial charge in [-0.25, -0.2) is 0 Å². The molecule has 0 unspecified atom stereocenters. The molecule has 6 atom stereocenters. The molecule has 0 aromatic heterocycles. The number of hydrogen-bond acceptors (Lipinski definition) is 4. The van der Waals surface area contributed by atoms with Crippen LogP contribution in [0.25, 0.3) is 0 Å². The molecule has 4 nitrogen and oxygen atoms in total. The maximum absolute atomic E-state index is 6.23. The Bertz CT molecular complexity index is 1190. The Kier molecular flexibility index (Phi) is 13.0. The largest absolute Gasteiger partial charge is 0.327 e. The lowest BCUT2D eigenvalue weighted by atomic mass is 9.82. The van der Waals surface area contributed by atoms with Gasteiger partial charge in [0.1, 0.15) is 0 Å². The minimum absolute atomic E-state index is 0.376. The van der Waals surface area contributed by atoms with Crippen molar-refractivity contribution in [1.29, 1.82) is 0 Å². The molecule has 4 aromatic carbocycles. The number of hydrogen-bond donors (Lipinski definition) is 2. The summed E-state index contributed by atoms with van der Waals surface area (Å²) >= 11 is 0. The van der Waals surface area contributed by atoms with E-state index in [1.165, 1.54) is 47.9 Å². The van der Waals surface area contributed by atoms with Crippen LogP contribution in [0.4, 0.5) is 0 Å². The number of nitrogens with two attached hydrogens (primary N) is 2. The van der Waals surface area contributed by atoms with Crippen LogP contribution in [0.3, 0.4) is 0 Å². The fraction of sp³-hybridized carbons (Fsp3) is 0.429. The van der Waals surface area contributed by atoms with E-state index in [4.69, 9.17) is 11.5 Å². The van der Waals surface area contributed by atoms with Crippen molar-refractivity contribution in [3.8, 4) is 0 Å². The molecule has 0 saturated heterocycles. The van der Waals surface area contributed by atoms with Crippen molar-refractivity contribution < 1.29 is 0 Å². The van der Waals surface area contributed by atoms with Crippen molar-refractivity contribution in [3.05, 3.63) is 144 Å². The second-order valence-electron chi connectivity index (χ2n) is 14.0. The number of rotatable bonds is 10. The summed E-state index contributed by atoms with van der Waals surface area (Å²) in [5.41, 5.74) is 18.0. The maximum atomic E-state index is 6.23. The van der Waals surface area contributed by atoms with Crippen LogP contribution in [0.5, 0.6) is 0 Å². The Balaban J connectivity index is 0.000000181. The first-order chi connectivity index (χ1) is 22.4. The lowest BCUT2D eigenvalue weighted by molar-refractivity contribution is 0.110. The second-order valence-corrected chi connectivity index (χ2v) is 14.0. The first-order valence-corrected chi connectivity index (χ1v) is 17.6. The molecular formula is C42H56N4. The molecule has 6 rings (SSSR count). The van der Waals surface area contributed by atoms with Gasteiger partial charge in [0, 0.05) is 50.3 Å². The monoisotopic (exact) mass is 616 g/mol. The number of nitrogens with zero attached hydrogens (tertiary/aromatic N) is 2. The third kappa shape index (κ3) is 10.4. The summed E-state index contributed by atoms with van der Waals surface area (Å²) in [6.45, 7) is 8.68. The summed E-state index contributed by atoms with van der Waals surface area (Å²) in [5.74, 6) is 1.23. The summed E-state index contributed by atoms with van der Waals surface area (Å²) in [6.07, 6.45) is 7.13. The van der Waals surface area contributed by atoms with Crippen LogP contribution in [0.2, 0.25) is 0 Å². The van der Waals surface area contributed by atoms with Gasteiger partial charge in [0.2, 0.25) is 0 Å². The summed E-state index contributed by atoms with van der Waals surface area (Å²) < 4.78 is 0. The van der Waals surface area contributed by atoms with Crippen LogP contribution in [-0.2, 0) is 26.2 Å². The molecule has 0 aliphatic heterocycles. The lowest BCUT2D eigenvalue weighted by Gasteiger charge is -2.39. The van der Waals surface area contributed by atoms with Crippen LogP contribution >= 0.6 is 0 Å². The molecule has 46 heavy (non-hydrogen) atoms. The quantitative estimate of drug-likeness (QED) is 0.188. The highest BCUT2D eigenvalue weighted by molar-refractivity contribution is 5.19. The predicted molar refractivity (Wildman–Crippen MR) is 194 cm³/mol. The molecule has 244 valence electrons. The second kappa shape index (κ2) is 17.6. The van der Waals surface area contributed by atoms with E-state index in [1.54, 1.807) is 0 Å². The Morgan fingerprint density at radius 3 is 0.935 bits per heavy atom. The van der Waals surface area contributed by atoms with E-state index < -0.39 is 0 Å². The van der Waals surface area contributed by atoms with E-state index in [9.17, 15) is 0 Å². The Labute approximate surface area is 278 Å². The number of benzene rings is 4. The Morgan fingerprint density at radius 2 is 0.696 bits per heavy atom. The molecule has 2 aliphatic rings. The van der Waals surface area contributed by atoms with Gasteiger partial charge in [-0.1, -0.05) is 135 Å². The van der Waals surface area contributed by atoms with Crippen LogP contribution in [0.1, 0.15) is 74.6 Å². The van der Waals surface area contributed by atoms with E-state index in [-0.39, 0.29) is 0 Å². The van der Waals surface area contributed by atoms with Gasteiger partial charge in [0.05, 0.1) is 0 Å². The van der Waals surface area contributed by atoms with Gasteiger partial charge in [0.15, 0.2) is 0 Å². The van der Waals surface area contributed by atoms with Crippen molar-refractivity contribution in [3.63, 3.8) is 0 Å². The lowest BCUT2D eigenvalue weighted by Crippen LogP contribution is -2.44. The zero-order valence-corrected chi connectivity index (χ0v) is 28.1. The predicted octanol–water partition coefficient (Wildman–Crippen LogP) is 8.41. The molecule has 0 amide bonds. The minimum Gasteiger partial charge on any atom is -0.327 e. The first kappa shape index (κ1) is 34.1. The van der Waals surface area contributed by atoms with Crippen LogP contribution in [0.15, 0.2) is 121 Å². The summed E-state index contributed by atoms with van der Waals surface area (Å²) in [5, 5.41) is 0.